The normalized spacial score (nSPS) is 11.3. The van der Waals surface area contributed by atoms with Crippen LogP contribution in [0.15, 0.2) is 54.8 Å². The Morgan fingerprint density at radius 2 is 1.94 bits per heavy atom. The van der Waals surface area contributed by atoms with Crippen molar-refractivity contribution in [3.05, 3.63) is 54.8 Å². The zero-order valence-electron chi connectivity index (χ0n) is 10.9. The number of hydrogen-bond acceptors (Lipinski definition) is 3. The van der Waals surface area contributed by atoms with Crippen molar-refractivity contribution in [1.82, 2.24) is 9.97 Å². The molecule has 0 N–H and O–H groups in total. The van der Waals surface area contributed by atoms with Crippen molar-refractivity contribution in [1.29, 1.82) is 0 Å². The summed E-state index contributed by atoms with van der Waals surface area (Å²) in [6, 6.07) is 13.4. The fourth-order valence-electron chi connectivity index (χ4n) is 1.88. The van der Waals surface area contributed by atoms with Crippen molar-refractivity contribution < 1.29 is 6.11 Å². The number of methoxy groups -OCH3 is 1. The third-order valence-corrected chi connectivity index (χ3v) is 2.83. The van der Waals surface area contributed by atoms with Crippen LogP contribution < -0.4 is 4.74 Å². The Morgan fingerprint density at radius 1 is 1.06 bits per heavy atom. The second kappa shape index (κ2) is 4.45. The molecule has 0 aliphatic rings. The van der Waals surface area contributed by atoms with E-state index in [4.69, 9.17) is 6.11 Å². The molecule has 0 bridgehead atoms. The second-order valence-corrected chi connectivity index (χ2v) is 3.94. The average molecular weight is 237 g/mol. The van der Waals surface area contributed by atoms with Gasteiger partial charge in [0.1, 0.15) is 0 Å². The van der Waals surface area contributed by atoms with Crippen LogP contribution in [0.5, 0.6) is 5.88 Å². The Hall–Kier alpha value is -2.42. The lowest BCUT2D eigenvalue weighted by Gasteiger charge is -2.04. The topological polar surface area (TPSA) is 35.0 Å². The van der Waals surface area contributed by atoms with E-state index in [0.29, 0.717) is 5.88 Å². The van der Waals surface area contributed by atoms with Gasteiger partial charge in [-0.15, -0.1) is 0 Å². The first-order valence-corrected chi connectivity index (χ1v) is 5.64. The van der Waals surface area contributed by atoms with Crippen LogP contribution in [0.1, 0.15) is 1.37 Å². The number of ether oxygens (including phenoxy) is 1. The highest BCUT2D eigenvalue weighted by Crippen LogP contribution is 2.23. The fraction of sp³-hybridized carbons (Fsp3) is 0.0667. The van der Waals surface area contributed by atoms with Gasteiger partial charge in [0.05, 0.1) is 14.0 Å². The fourth-order valence-corrected chi connectivity index (χ4v) is 1.88. The summed E-state index contributed by atoms with van der Waals surface area (Å²) in [4.78, 5) is 8.37. The van der Waals surface area contributed by atoms with Gasteiger partial charge in [-0.1, -0.05) is 12.1 Å². The van der Waals surface area contributed by atoms with E-state index in [9.17, 15) is 0 Å². The summed E-state index contributed by atoms with van der Waals surface area (Å²) in [6.07, 6.45) is 2.07. The zero-order chi connectivity index (χ0) is 13.2. The summed E-state index contributed by atoms with van der Waals surface area (Å²) < 4.78 is 12.6. The van der Waals surface area contributed by atoms with Gasteiger partial charge in [-0.25, -0.2) is 4.98 Å². The Morgan fingerprint density at radius 3 is 2.72 bits per heavy atom. The minimum absolute atomic E-state index is 0.284. The number of rotatable bonds is 2. The molecule has 0 spiro atoms. The van der Waals surface area contributed by atoms with Gasteiger partial charge in [-0.3, -0.25) is 4.98 Å². The Kier molecular flexibility index (Phi) is 2.37. The molecule has 1 aromatic carbocycles. The summed E-state index contributed by atoms with van der Waals surface area (Å²) in [7, 11) is 1.60. The lowest BCUT2D eigenvalue weighted by Crippen LogP contribution is -1.87. The van der Waals surface area contributed by atoms with Crippen molar-refractivity contribution >= 4 is 10.9 Å². The molecule has 88 valence electrons. The first-order chi connectivity index (χ1) is 9.26. The van der Waals surface area contributed by atoms with Gasteiger partial charge in [0.15, 0.2) is 0 Å². The lowest BCUT2D eigenvalue weighted by molar-refractivity contribution is 0.398. The van der Waals surface area contributed by atoms with Gasteiger partial charge in [0.25, 0.3) is 0 Å². The predicted molar refractivity (Wildman–Crippen MR) is 71.5 cm³/mol. The maximum Gasteiger partial charge on any atom is 0.212 e. The minimum Gasteiger partial charge on any atom is -0.481 e. The first-order valence-electron chi connectivity index (χ1n) is 6.14. The highest BCUT2D eigenvalue weighted by molar-refractivity contribution is 5.84. The smallest absolute Gasteiger partial charge is 0.212 e. The molecular weight excluding hydrogens is 224 g/mol. The standard InChI is InChI=1S/C15H12N2O/c1-18-15-7-5-13(10-17-15)11-4-6-14-12(9-11)3-2-8-16-14/h2-10H,1H3/i8D. The summed E-state index contributed by atoms with van der Waals surface area (Å²) in [6.45, 7) is 0. The minimum atomic E-state index is 0.284. The van der Waals surface area contributed by atoms with Gasteiger partial charge in [-0.05, 0) is 29.8 Å². The molecule has 3 heteroatoms. The van der Waals surface area contributed by atoms with Crippen LogP contribution >= 0.6 is 0 Å². The van der Waals surface area contributed by atoms with Crippen LogP contribution in [0, 0.1) is 0 Å². The molecule has 0 amide bonds. The molecule has 0 atom stereocenters. The molecular formula is C15H12N2O. The van der Waals surface area contributed by atoms with E-state index in [1.807, 2.05) is 36.4 Å². The molecule has 18 heavy (non-hydrogen) atoms. The third-order valence-electron chi connectivity index (χ3n) is 2.83. The van der Waals surface area contributed by atoms with E-state index in [-0.39, 0.29) is 6.17 Å². The number of nitrogens with zero attached hydrogens (tertiary/aromatic N) is 2. The van der Waals surface area contributed by atoms with E-state index in [2.05, 4.69) is 9.97 Å². The summed E-state index contributed by atoms with van der Waals surface area (Å²) in [5.41, 5.74) is 2.93. The molecule has 0 saturated carbocycles. The maximum absolute atomic E-state index is 7.50. The quantitative estimate of drug-likeness (QED) is 0.686. The van der Waals surface area contributed by atoms with Crippen molar-refractivity contribution in [3.63, 3.8) is 0 Å². The van der Waals surface area contributed by atoms with Gasteiger partial charge >= 0.3 is 0 Å². The van der Waals surface area contributed by atoms with Crippen molar-refractivity contribution in [2.24, 2.45) is 0 Å². The number of benzene rings is 1. The number of pyridine rings is 2. The third kappa shape index (κ3) is 1.91. The molecule has 0 saturated heterocycles. The van der Waals surface area contributed by atoms with Crippen molar-refractivity contribution in [2.75, 3.05) is 7.11 Å². The van der Waals surface area contributed by atoms with Gasteiger partial charge < -0.3 is 4.74 Å². The monoisotopic (exact) mass is 237 g/mol. The number of fused-ring (bicyclic) bond motifs is 1. The molecule has 2 heterocycles. The first kappa shape index (κ1) is 9.59. The Labute approximate surface area is 106 Å². The molecule has 2 aromatic heterocycles. The summed E-state index contributed by atoms with van der Waals surface area (Å²) >= 11 is 0. The van der Waals surface area contributed by atoms with Crippen LogP contribution in [0.4, 0.5) is 0 Å². The molecule has 0 aliphatic carbocycles. The van der Waals surface area contributed by atoms with Gasteiger partial charge in [0.2, 0.25) is 5.88 Å². The summed E-state index contributed by atoms with van der Waals surface area (Å²) in [5, 5.41) is 1.02. The Balaban J connectivity index is 2.06. The van der Waals surface area contributed by atoms with E-state index < -0.39 is 0 Å². The molecule has 3 nitrogen and oxygen atoms in total. The van der Waals surface area contributed by atoms with E-state index in [1.54, 1.807) is 19.4 Å². The van der Waals surface area contributed by atoms with E-state index in [0.717, 1.165) is 22.0 Å². The van der Waals surface area contributed by atoms with Crippen LogP contribution in [-0.2, 0) is 0 Å². The van der Waals surface area contributed by atoms with Crippen LogP contribution in [-0.4, -0.2) is 17.1 Å². The number of hydrogen-bond donors (Lipinski definition) is 0. The largest absolute Gasteiger partial charge is 0.481 e. The zero-order valence-corrected chi connectivity index (χ0v) is 9.92. The SMILES string of the molecule is [2H]c1ccc2cc(-c3ccc(OC)nc3)ccc2n1. The second-order valence-electron chi connectivity index (χ2n) is 3.94. The number of aromatic nitrogens is 2. The summed E-state index contributed by atoms with van der Waals surface area (Å²) in [5.74, 6) is 0.602. The molecule has 0 fully saturated rings. The predicted octanol–water partition coefficient (Wildman–Crippen LogP) is 3.31. The molecule has 3 rings (SSSR count). The van der Waals surface area contributed by atoms with Crippen LogP contribution in [0.2, 0.25) is 0 Å². The highest BCUT2D eigenvalue weighted by atomic mass is 16.5. The molecule has 0 aliphatic heterocycles. The van der Waals surface area contributed by atoms with Gasteiger partial charge in [0, 0.05) is 29.4 Å². The maximum atomic E-state index is 7.50. The van der Waals surface area contributed by atoms with Crippen LogP contribution in [0.25, 0.3) is 22.0 Å². The van der Waals surface area contributed by atoms with Gasteiger partial charge in [-0.2, -0.15) is 0 Å². The molecule has 3 aromatic rings. The average Bonchev–Trinajstić information content (AvgIpc) is 2.47. The van der Waals surface area contributed by atoms with E-state index >= 15 is 0 Å². The highest BCUT2D eigenvalue weighted by Gasteiger charge is 2.01. The van der Waals surface area contributed by atoms with Crippen molar-refractivity contribution in [2.45, 2.75) is 0 Å². The van der Waals surface area contributed by atoms with Crippen molar-refractivity contribution in [3.8, 4) is 17.0 Å². The van der Waals surface area contributed by atoms with Crippen LogP contribution in [0.3, 0.4) is 0 Å². The lowest BCUT2D eigenvalue weighted by atomic mass is 10.1. The molecule has 0 radical (unpaired) electrons. The molecule has 0 unspecified atom stereocenters. The van der Waals surface area contributed by atoms with E-state index in [1.165, 1.54) is 0 Å². The Bertz CT molecular complexity index is 726.